The van der Waals surface area contributed by atoms with Crippen molar-refractivity contribution in [2.45, 2.75) is 52.0 Å². The Hall–Kier alpha value is -0.420. The summed E-state index contributed by atoms with van der Waals surface area (Å²) in [7, 11) is 1.85. The number of hydrogen-bond donors (Lipinski definition) is 2. The maximum Gasteiger partial charge on any atom is 0.191 e. The Balaban J connectivity index is 2.31. The molecule has 0 aromatic rings. The lowest BCUT2D eigenvalue weighted by molar-refractivity contribution is 0.0739. The van der Waals surface area contributed by atoms with Crippen molar-refractivity contribution in [1.29, 1.82) is 0 Å². The minimum atomic E-state index is 0.172. The van der Waals surface area contributed by atoms with Gasteiger partial charge in [-0.05, 0) is 64.0 Å². The van der Waals surface area contributed by atoms with Gasteiger partial charge in [-0.2, -0.15) is 11.8 Å². The molecule has 0 bridgehead atoms. The van der Waals surface area contributed by atoms with E-state index in [0.717, 1.165) is 25.0 Å². The average Bonchev–Trinajstić information content (AvgIpc) is 2.50. The highest BCUT2D eigenvalue weighted by Gasteiger charge is 2.30. The molecule has 0 spiro atoms. The standard InChI is InChI=1S/C17H36N4S/c1-15-9-8-11-21(13-15)17(2,3)14-20-16(18-4)19-10-6-7-12-22-5/h15H,6-14H2,1-5H3,(H2,18,19,20). The number of nitrogens with zero attached hydrogens (tertiary/aromatic N) is 2. The highest BCUT2D eigenvalue weighted by molar-refractivity contribution is 7.98. The van der Waals surface area contributed by atoms with Crippen molar-refractivity contribution in [2.75, 3.05) is 45.2 Å². The van der Waals surface area contributed by atoms with Crippen LogP contribution in [0.2, 0.25) is 0 Å². The molecule has 1 unspecified atom stereocenters. The normalized spacial score (nSPS) is 21.0. The van der Waals surface area contributed by atoms with Crippen LogP contribution in [-0.2, 0) is 0 Å². The number of piperidine rings is 1. The number of unbranched alkanes of at least 4 members (excludes halogenated alkanes) is 1. The second kappa shape index (κ2) is 10.4. The van der Waals surface area contributed by atoms with Crippen molar-refractivity contribution in [3.8, 4) is 0 Å². The molecule has 1 aliphatic rings. The van der Waals surface area contributed by atoms with E-state index in [9.17, 15) is 0 Å². The SMILES string of the molecule is CN=C(NCCCCSC)NCC(C)(C)N1CCCC(C)C1. The van der Waals surface area contributed by atoms with Crippen LogP contribution in [0.3, 0.4) is 0 Å². The first-order valence-electron chi connectivity index (χ1n) is 8.68. The lowest BCUT2D eigenvalue weighted by Crippen LogP contribution is -2.56. The van der Waals surface area contributed by atoms with E-state index in [1.807, 2.05) is 18.8 Å². The van der Waals surface area contributed by atoms with Gasteiger partial charge < -0.3 is 10.6 Å². The van der Waals surface area contributed by atoms with E-state index < -0.39 is 0 Å². The third-order valence-corrected chi connectivity index (χ3v) is 5.19. The van der Waals surface area contributed by atoms with Crippen LogP contribution in [0.5, 0.6) is 0 Å². The van der Waals surface area contributed by atoms with Crippen LogP contribution in [0.1, 0.15) is 46.5 Å². The summed E-state index contributed by atoms with van der Waals surface area (Å²) in [5, 5.41) is 6.93. The zero-order valence-corrected chi connectivity index (χ0v) is 16.1. The fourth-order valence-corrected chi connectivity index (χ4v) is 3.44. The van der Waals surface area contributed by atoms with Gasteiger partial charge in [0.1, 0.15) is 0 Å². The fourth-order valence-electron chi connectivity index (χ4n) is 2.95. The summed E-state index contributed by atoms with van der Waals surface area (Å²) < 4.78 is 0. The van der Waals surface area contributed by atoms with Crippen molar-refractivity contribution in [3.05, 3.63) is 0 Å². The molecular weight excluding hydrogens is 292 g/mol. The van der Waals surface area contributed by atoms with Crippen molar-refractivity contribution in [1.82, 2.24) is 15.5 Å². The molecule has 4 nitrogen and oxygen atoms in total. The third-order valence-electron chi connectivity index (χ3n) is 4.49. The molecule has 0 saturated carbocycles. The van der Waals surface area contributed by atoms with Crippen LogP contribution >= 0.6 is 11.8 Å². The predicted molar refractivity (Wildman–Crippen MR) is 101 cm³/mol. The molecule has 1 fully saturated rings. The molecular formula is C17H36N4S. The molecule has 5 heteroatoms. The van der Waals surface area contributed by atoms with E-state index in [-0.39, 0.29) is 5.54 Å². The van der Waals surface area contributed by atoms with Gasteiger partial charge in [-0.1, -0.05) is 6.92 Å². The lowest BCUT2D eigenvalue weighted by Gasteiger charge is -2.43. The molecule has 0 radical (unpaired) electrons. The second-order valence-corrected chi connectivity index (χ2v) is 8.04. The van der Waals surface area contributed by atoms with Crippen LogP contribution in [0, 0.1) is 5.92 Å². The van der Waals surface area contributed by atoms with Crippen LogP contribution in [-0.4, -0.2) is 61.6 Å². The van der Waals surface area contributed by atoms with E-state index in [4.69, 9.17) is 0 Å². The van der Waals surface area contributed by atoms with Gasteiger partial charge in [-0.25, -0.2) is 0 Å². The number of hydrogen-bond acceptors (Lipinski definition) is 3. The molecule has 2 N–H and O–H groups in total. The zero-order chi connectivity index (χ0) is 16.4. The molecule has 0 aromatic heterocycles. The molecule has 0 aromatic carbocycles. The van der Waals surface area contributed by atoms with Crippen molar-refractivity contribution in [3.63, 3.8) is 0 Å². The first kappa shape index (κ1) is 19.6. The number of aliphatic imine (C=N–C) groups is 1. The number of guanidine groups is 1. The fraction of sp³-hybridized carbons (Fsp3) is 0.941. The Kier molecular flexibility index (Phi) is 9.25. The number of nitrogens with one attached hydrogen (secondary N) is 2. The van der Waals surface area contributed by atoms with Crippen LogP contribution in [0.4, 0.5) is 0 Å². The Bertz CT molecular complexity index is 331. The molecule has 0 aliphatic carbocycles. The molecule has 0 amide bonds. The van der Waals surface area contributed by atoms with Crippen molar-refractivity contribution < 1.29 is 0 Å². The van der Waals surface area contributed by atoms with Crippen LogP contribution < -0.4 is 10.6 Å². The van der Waals surface area contributed by atoms with Crippen molar-refractivity contribution >= 4 is 17.7 Å². The van der Waals surface area contributed by atoms with Gasteiger partial charge in [0.25, 0.3) is 0 Å². The summed E-state index contributed by atoms with van der Waals surface area (Å²) in [6.07, 6.45) is 7.33. The lowest BCUT2D eigenvalue weighted by atomic mass is 9.93. The summed E-state index contributed by atoms with van der Waals surface area (Å²) in [5.74, 6) is 3.00. The van der Waals surface area contributed by atoms with E-state index in [1.54, 1.807) is 0 Å². The van der Waals surface area contributed by atoms with Gasteiger partial charge in [0.15, 0.2) is 5.96 Å². The Morgan fingerprint density at radius 3 is 2.73 bits per heavy atom. The maximum absolute atomic E-state index is 4.34. The van der Waals surface area contributed by atoms with E-state index in [1.165, 1.54) is 44.5 Å². The number of thioether (sulfide) groups is 1. The van der Waals surface area contributed by atoms with Crippen LogP contribution in [0.15, 0.2) is 4.99 Å². The van der Waals surface area contributed by atoms with E-state index in [2.05, 4.69) is 47.6 Å². The Morgan fingerprint density at radius 1 is 1.32 bits per heavy atom. The van der Waals surface area contributed by atoms with Gasteiger partial charge in [0.2, 0.25) is 0 Å². The third kappa shape index (κ3) is 7.23. The van der Waals surface area contributed by atoms with Crippen LogP contribution in [0.25, 0.3) is 0 Å². The highest BCUT2D eigenvalue weighted by Crippen LogP contribution is 2.23. The number of rotatable bonds is 8. The summed E-state index contributed by atoms with van der Waals surface area (Å²) in [5.41, 5.74) is 0.172. The van der Waals surface area contributed by atoms with E-state index >= 15 is 0 Å². The summed E-state index contributed by atoms with van der Waals surface area (Å²) >= 11 is 1.92. The minimum absolute atomic E-state index is 0.172. The molecule has 1 heterocycles. The molecule has 1 atom stereocenters. The molecule has 22 heavy (non-hydrogen) atoms. The quantitative estimate of drug-likeness (QED) is 0.408. The van der Waals surface area contributed by atoms with Crippen molar-refractivity contribution in [2.24, 2.45) is 10.9 Å². The van der Waals surface area contributed by atoms with Gasteiger partial charge in [0.05, 0.1) is 0 Å². The molecule has 1 aliphatic heterocycles. The first-order chi connectivity index (χ1) is 10.5. The van der Waals surface area contributed by atoms with Gasteiger partial charge in [-0.3, -0.25) is 9.89 Å². The number of likely N-dealkylation sites (tertiary alicyclic amines) is 1. The first-order valence-corrected chi connectivity index (χ1v) is 10.1. The smallest absolute Gasteiger partial charge is 0.191 e. The average molecular weight is 329 g/mol. The minimum Gasteiger partial charge on any atom is -0.356 e. The second-order valence-electron chi connectivity index (χ2n) is 7.06. The predicted octanol–water partition coefficient (Wildman–Crippen LogP) is 2.81. The van der Waals surface area contributed by atoms with Gasteiger partial charge in [-0.15, -0.1) is 0 Å². The largest absolute Gasteiger partial charge is 0.356 e. The zero-order valence-electron chi connectivity index (χ0n) is 15.2. The summed E-state index contributed by atoms with van der Waals surface area (Å²) in [4.78, 5) is 6.96. The Morgan fingerprint density at radius 2 is 2.09 bits per heavy atom. The maximum atomic E-state index is 4.34. The van der Waals surface area contributed by atoms with Gasteiger partial charge >= 0.3 is 0 Å². The highest BCUT2D eigenvalue weighted by atomic mass is 32.2. The van der Waals surface area contributed by atoms with E-state index in [0.29, 0.717) is 0 Å². The molecule has 130 valence electrons. The molecule has 1 saturated heterocycles. The summed E-state index contributed by atoms with van der Waals surface area (Å²) in [6, 6.07) is 0. The summed E-state index contributed by atoms with van der Waals surface area (Å²) in [6.45, 7) is 11.4. The molecule has 1 rings (SSSR count). The monoisotopic (exact) mass is 328 g/mol. The topological polar surface area (TPSA) is 39.7 Å². The Labute approximate surface area is 141 Å². The van der Waals surface area contributed by atoms with Gasteiger partial charge in [0, 0.05) is 32.2 Å².